The second kappa shape index (κ2) is 10.2. The number of rotatable bonds is 7. The molecule has 0 fully saturated rings. The van der Waals surface area contributed by atoms with E-state index in [1.165, 1.54) is 0 Å². The van der Waals surface area contributed by atoms with E-state index in [0.29, 0.717) is 35.5 Å². The largest absolute Gasteiger partial charge is 0.337 e. The molecular formula is C25H25N3O3. The fourth-order valence-electron chi connectivity index (χ4n) is 3.06. The quantitative estimate of drug-likeness (QED) is 0.594. The fourth-order valence-corrected chi connectivity index (χ4v) is 3.06. The van der Waals surface area contributed by atoms with E-state index in [2.05, 4.69) is 10.6 Å². The minimum atomic E-state index is -0.334. The maximum Gasteiger partial charge on any atom is 0.256 e. The summed E-state index contributed by atoms with van der Waals surface area (Å²) in [5.74, 6) is -0.610. The van der Waals surface area contributed by atoms with E-state index >= 15 is 0 Å². The average Bonchev–Trinajstić information content (AvgIpc) is 2.80. The highest BCUT2D eigenvalue weighted by molar-refractivity contribution is 6.09. The zero-order valence-electron chi connectivity index (χ0n) is 17.6. The van der Waals surface area contributed by atoms with E-state index in [-0.39, 0.29) is 17.7 Å². The van der Waals surface area contributed by atoms with Crippen molar-refractivity contribution in [2.75, 3.05) is 17.7 Å². The predicted molar refractivity (Wildman–Crippen MR) is 122 cm³/mol. The van der Waals surface area contributed by atoms with Crippen molar-refractivity contribution in [1.82, 2.24) is 4.90 Å². The smallest absolute Gasteiger partial charge is 0.256 e. The van der Waals surface area contributed by atoms with Gasteiger partial charge in [0.25, 0.3) is 11.8 Å². The molecule has 0 aliphatic heterocycles. The molecule has 0 atom stereocenters. The summed E-state index contributed by atoms with van der Waals surface area (Å²) < 4.78 is 0. The standard InChI is InChI=1S/C25H25N3O3/c1-3-23(29)26-20-15-13-19(14-16-20)24(30)27-22-12-8-7-11-21(22)25(31)28(2)17-18-9-5-4-6-10-18/h4-16H,3,17H2,1-2H3,(H,26,29)(H,27,30). The Morgan fingerprint density at radius 2 is 1.45 bits per heavy atom. The van der Waals surface area contributed by atoms with Gasteiger partial charge in [-0.15, -0.1) is 0 Å². The van der Waals surface area contributed by atoms with Crippen molar-refractivity contribution in [2.24, 2.45) is 0 Å². The van der Waals surface area contributed by atoms with Gasteiger partial charge in [0.05, 0.1) is 11.3 Å². The topological polar surface area (TPSA) is 78.5 Å². The molecule has 0 unspecified atom stereocenters. The Labute approximate surface area is 181 Å². The highest BCUT2D eigenvalue weighted by Gasteiger charge is 2.17. The summed E-state index contributed by atoms with van der Waals surface area (Å²) in [7, 11) is 1.73. The van der Waals surface area contributed by atoms with Crippen molar-refractivity contribution in [3.8, 4) is 0 Å². The number of amides is 3. The third-order valence-corrected chi connectivity index (χ3v) is 4.77. The number of hydrogen-bond donors (Lipinski definition) is 2. The number of nitrogens with one attached hydrogen (secondary N) is 2. The van der Waals surface area contributed by atoms with Crippen LogP contribution in [0, 0.1) is 0 Å². The van der Waals surface area contributed by atoms with Crippen LogP contribution in [0.5, 0.6) is 0 Å². The lowest BCUT2D eigenvalue weighted by Crippen LogP contribution is -2.27. The molecule has 0 bridgehead atoms. The number of carbonyl (C=O) groups excluding carboxylic acids is 3. The first-order valence-corrected chi connectivity index (χ1v) is 10.1. The number of nitrogens with zero attached hydrogens (tertiary/aromatic N) is 1. The Kier molecular flexibility index (Phi) is 7.17. The van der Waals surface area contributed by atoms with Gasteiger partial charge in [0.15, 0.2) is 0 Å². The summed E-state index contributed by atoms with van der Waals surface area (Å²) in [6, 6.07) is 23.3. The molecule has 6 heteroatoms. The van der Waals surface area contributed by atoms with Crippen molar-refractivity contribution < 1.29 is 14.4 Å². The Morgan fingerprint density at radius 3 is 2.13 bits per heavy atom. The second-order valence-electron chi connectivity index (χ2n) is 7.13. The molecule has 6 nitrogen and oxygen atoms in total. The van der Waals surface area contributed by atoms with Crippen LogP contribution in [0.1, 0.15) is 39.6 Å². The number of hydrogen-bond acceptors (Lipinski definition) is 3. The first-order valence-electron chi connectivity index (χ1n) is 10.1. The van der Waals surface area contributed by atoms with Crippen LogP contribution in [0.15, 0.2) is 78.9 Å². The molecule has 31 heavy (non-hydrogen) atoms. The fraction of sp³-hybridized carbons (Fsp3) is 0.160. The molecular weight excluding hydrogens is 390 g/mol. The first-order chi connectivity index (χ1) is 15.0. The van der Waals surface area contributed by atoms with Gasteiger partial charge < -0.3 is 15.5 Å². The molecule has 0 heterocycles. The van der Waals surface area contributed by atoms with Crippen LogP contribution in [-0.2, 0) is 11.3 Å². The summed E-state index contributed by atoms with van der Waals surface area (Å²) in [4.78, 5) is 38.8. The predicted octanol–water partition coefficient (Wildman–Crippen LogP) is 4.56. The molecule has 0 saturated heterocycles. The van der Waals surface area contributed by atoms with Crippen LogP contribution in [0.25, 0.3) is 0 Å². The van der Waals surface area contributed by atoms with Crippen LogP contribution in [0.3, 0.4) is 0 Å². The summed E-state index contributed by atoms with van der Waals surface area (Å²) in [6.07, 6.45) is 0.381. The van der Waals surface area contributed by atoms with Crippen LogP contribution in [-0.4, -0.2) is 29.7 Å². The van der Waals surface area contributed by atoms with Crippen molar-refractivity contribution >= 4 is 29.1 Å². The zero-order chi connectivity index (χ0) is 22.2. The van der Waals surface area contributed by atoms with Crippen molar-refractivity contribution in [3.63, 3.8) is 0 Å². The van der Waals surface area contributed by atoms with Gasteiger partial charge in [-0.2, -0.15) is 0 Å². The van der Waals surface area contributed by atoms with E-state index in [1.807, 2.05) is 30.3 Å². The van der Waals surface area contributed by atoms with Gasteiger partial charge in [-0.1, -0.05) is 49.4 Å². The minimum Gasteiger partial charge on any atom is -0.337 e. The van der Waals surface area contributed by atoms with E-state index in [9.17, 15) is 14.4 Å². The van der Waals surface area contributed by atoms with Gasteiger partial charge >= 0.3 is 0 Å². The third-order valence-electron chi connectivity index (χ3n) is 4.77. The lowest BCUT2D eigenvalue weighted by Gasteiger charge is -2.19. The average molecular weight is 415 g/mol. The second-order valence-corrected chi connectivity index (χ2v) is 7.13. The number of benzene rings is 3. The highest BCUT2D eigenvalue weighted by atomic mass is 16.2. The molecule has 0 aliphatic rings. The molecule has 0 saturated carbocycles. The Morgan fingerprint density at radius 1 is 0.806 bits per heavy atom. The molecule has 0 spiro atoms. The molecule has 0 radical (unpaired) electrons. The molecule has 0 aliphatic carbocycles. The van der Waals surface area contributed by atoms with E-state index < -0.39 is 0 Å². The van der Waals surface area contributed by atoms with Crippen LogP contribution >= 0.6 is 0 Å². The van der Waals surface area contributed by atoms with Crippen LogP contribution < -0.4 is 10.6 Å². The van der Waals surface area contributed by atoms with Gasteiger partial charge in [0.2, 0.25) is 5.91 Å². The first kappa shape index (κ1) is 21.8. The lowest BCUT2D eigenvalue weighted by atomic mass is 10.1. The lowest BCUT2D eigenvalue weighted by molar-refractivity contribution is -0.115. The van der Waals surface area contributed by atoms with Crippen LogP contribution in [0.4, 0.5) is 11.4 Å². The Balaban J connectivity index is 1.72. The maximum atomic E-state index is 13.0. The molecule has 158 valence electrons. The van der Waals surface area contributed by atoms with Gasteiger partial charge in [0, 0.05) is 31.3 Å². The van der Waals surface area contributed by atoms with Crippen LogP contribution in [0.2, 0.25) is 0 Å². The molecule has 0 aromatic heterocycles. The zero-order valence-corrected chi connectivity index (χ0v) is 17.6. The van der Waals surface area contributed by atoms with E-state index in [1.54, 1.807) is 67.4 Å². The number of anilines is 2. The Bertz CT molecular complexity index is 1060. The third kappa shape index (κ3) is 5.79. The summed E-state index contributed by atoms with van der Waals surface area (Å²) in [5.41, 5.74) is 2.94. The summed E-state index contributed by atoms with van der Waals surface area (Å²) in [5, 5.41) is 5.57. The van der Waals surface area contributed by atoms with Gasteiger partial charge in [-0.05, 0) is 42.0 Å². The summed E-state index contributed by atoms with van der Waals surface area (Å²) >= 11 is 0. The number of para-hydroxylation sites is 1. The molecule has 3 aromatic carbocycles. The van der Waals surface area contributed by atoms with E-state index in [4.69, 9.17) is 0 Å². The van der Waals surface area contributed by atoms with E-state index in [0.717, 1.165) is 5.56 Å². The SMILES string of the molecule is CCC(=O)Nc1ccc(C(=O)Nc2ccccc2C(=O)N(C)Cc2ccccc2)cc1. The normalized spacial score (nSPS) is 10.3. The highest BCUT2D eigenvalue weighted by Crippen LogP contribution is 2.20. The maximum absolute atomic E-state index is 13.0. The summed E-state index contributed by atoms with van der Waals surface area (Å²) in [6.45, 7) is 2.24. The molecule has 2 N–H and O–H groups in total. The Hall–Kier alpha value is -3.93. The minimum absolute atomic E-state index is 0.0933. The van der Waals surface area contributed by atoms with Crippen molar-refractivity contribution in [3.05, 3.63) is 95.6 Å². The molecule has 3 aromatic rings. The van der Waals surface area contributed by atoms with Gasteiger partial charge in [-0.25, -0.2) is 0 Å². The van der Waals surface area contributed by atoms with Crippen molar-refractivity contribution in [1.29, 1.82) is 0 Å². The van der Waals surface area contributed by atoms with Gasteiger partial charge in [0.1, 0.15) is 0 Å². The monoisotopic (exact) mass is 415 g/mol. The van der Waals surface area contributed by atoms with Gasteiger partial charge in [-0.3, -0.25) is 14.4 Å². The molecule has 3 rings (SSSR count). The van der Waals surface area contributed by atoms with Crippen molar-refractivity contribution in [2.45, 2.75) is 19.9 Å². The number of carbonyl (C=O) groups is 3. The molecule has 3 amide bonds.